The van der Waals surface area contributed by atoms with Crippen molar-refractivity contribution in [2.24, 2.45) is 0 Å². The van der Waals surface area contributed by atoms with Gasteiger partial charge in [0, 0.05) is 31.7 Å². The Morgan fingerprint density at radius 1 is 1.03 bits per heavy atom. The number of carbonyl (C=O) groups is 1. The first-order chi connectivity index (χ1) is 16.5. The van der Waals surface area contributed by atoms with Gasteiger partial charge in [0.25, 0.3) is 5.91 Å². The molecule has 1 aliphatic rings. The Morgan fingerprint density at radius 3 is 2.56 bits per heavy atom. The lowest BCUT2D eigenvalue weighted by Crippen LogP contribution is -2.46. The fourth-order valence-corrected chi connectivity index (χ4v) is 4.27. The number of fused-ring (bicyclic) bond motifs is 1. The van der Waals surface area contributed by atoms with Gasteiger partial charge in [-0.15, -0.1) is 0 Å². The maximum atomic E-state index is 13.6. The van der Waals surface area contributed by atoms with Crippen molar-refractivity contribution < 1.29 is 9.90 Å². The molecule has 2 aromatic heterocycles. The van der Waals surface area contributed by atoms with Gasteiger partial charge in [-0.2, -0.15) is 5.10 Å². The highest BCUT2D eigenvalue weighted by atomic mass is 16.3. The van der Waals surface area contributed by atoms with Crippen molar-refractivity contribution in [2.75, 3.05) is 26.2 Å². The van der Waals surface area contributed by atoms with Crippen LogP contribution in [0, 0.1) is 13.8 Å². The molecule has 34 heavy (non-hydrogen) atoms. The molecule has 172 valence electrons. The molecule has 0 bridgehead atoms. The molecular formula is C27H27N5O2. The van der Waals surface area contributed by atoms with Crippen molar-refractivity contribution in [1.82, 2.24) is 25.4 Å². The molecule has 0 atom stereocenters. The van der Waals surface area contributed by atoms with Gasteiger partial charge >= 0.3 is 0 Å². The van der Waals surface area contributed by atoms with E-state index in [0.29, 0.717) is 41.1 Å². The minimum Gasteiger partial charge on any atom is -0.508 e. The maximum absolute atomic E-state index is 13.6. The van der Waals surface area contributed by atoms with Gasteiger partial charge in [-0.1, -0.05) is 29.8 Å². The van der Waals surface area contributed by atoms with Gasteiger partial charge in [-0.05, 0) is 61.4 Å². The molecular weight excluding hydrogens is 426 g/mol. The highest BCUT2D eigenvalue weighted by Gasteiger charge is 2.24. The monoisotopic (exact) mass is 453 g/mol. The Kier molecular flexibility index (Phi) is 5.86. The Hall–Kier alpha value is -3.97. The van der Waals surface area contributed by atoms with Gasteiger partial charge in [0.05, 0.1) is 22.3 Å². The molecule has 4 aromatic rings. The van der Waals surface area contributed by atoms with Gasteiger partial charge in [0.15, 0.2) is 5.65 Å². The lowest BCUT2D eigenvalue weighted by Gasteiger charge is -2.27. The molecule has 1 amide bonds. The van der Waals surface area contributed by atoms with E-state index in [2.05, 4.69) is 47.6 Å². The summed E-state index contributed by atoms with van der Waals surface area (Å²) in [4.78, 5) is 20.3. The van der Waals surface area contributed by atoms with Crippen LogP contribution in [0.3, 0.4) is 0 Å². The summed E-state index contributed by atoms with van der Waals surface area (Å²) in [5.74, 6) is 0.152. The number of benzene rings is 2. The van der Waals surface area contributed by atoms with Crippen LogP contribution < -0.4 is 5.32 Å². The first-order valence-corrected chi connectivity index (χ1v) is 11.4. The number of pyridine rings is 1. The number of aromatic amines is 1. The van der Waals surface area contributed by atoms with Gasteiger partial charge in [0.2, 0.25) is 0 Å². The van der Waals surface area contributed by atoms with Gasteiger partial charge in [-0.25, -0.2) is 4.98 Å². The lowest BCUT2D eigenvalue weighted by atomic mass is 10.0. The summed E-state index contributed by atoms with van der Waals surface area (Å²) in [6.07, 6.45) is 3.97. The quantitative estimate of drug-likeness (QED) is 0.431. The molecule has 7 nitrogen and oxygen atoms in total. The van der Waals surface area contributed by atoms with Crippen LogP contribution in [0.4, 0.5) is 0 Å². The molecule has 5 rings (SSSR count). The SMILES string of the molecule is Cc1ccc(C)c(/C=C/c2n[nH]c3nc(-c4ccc(O)cc4)cc(C(=O)N4CCNCC4)c23)c1. The van der Waals surface area contributed by atoms with Crippen LogP contribution in [0.25, 0.3) is 34.4 Å². The largest absolute Gasteiger partial charge is 0.508 e. The smallest absolute Gasteiger partial charge is 0.254 e. The summed E-state index contributed by atoms with van der Waals surface area (Å²) < 4.78 is 0. The highest BCUT2D eigenvalue weighted by molar-refractivity contribution is 6.09. The number of rotatable bonds is 4. The number of phenols is 1. The number of aryl methyl sites for hydroxylation is 2. The third-order valence-electron chi connectivity index (χ3n) is 6.21. The van der Waals surface area contributed by atoms with E-state index in [9.17, 15) is 9.90 Å². The number of aromatic nitrogens is 3. The van der Waals surface area contributed by atoms with E-state index in [1.54, 1.807) is 24.3 Å². The second-order valence-electron chi connectivity index (χ2n) is 8.67. The number of phenolic OH excluding ortho intramolecular Hbond substituents is 1. The Morgan fingerprint density at radius 2 is 1.79 bits per heavy atom. The van der Waals surface area contributed by atoms with E-state index in [1.807, 2.05) is 23.1 Å². The van der Waals surface area contributed by atoms with Crippen molar-refractivity contribution in [1.29, 1.82) is 0 Å². The molecule has 1 fully saturated rings. The molecule has 3 N–H and O–H groups in total. The van der Waals surface area contributed by atoms with E-state index in [0.717, 1.165) is 24.2 Å². The Labute approximate surface area is 198 Å². The number of piperazine rings is 1. The van der Waals surface area contributed by atoms with Crippen LogP contribution >= 0.6 is 0 Å². The standard InChI is InChI=1S/C27H27N5O2/c1-17-3-4-18(2)20(15-17)7-10-23-25-22(27(34)32-13-11-28-12-14-32)16-24(29-26(25)31-30-23)19-5-8-21(33)9-6-19/h3-10,15-16,28,33H,11-14H2,1-2H3,(H,29,30,31)/b10-7+. The van der Waals surface area contributed by atoms with Crippen molar-refractivity contribution in [3.8, 4) is 17.0 Å². The molecule has 1 saturated heterocycles. The zero-order chi connectivity index (χ0) is 23.7. The minimum atomic E-state index is -0.0308. The van der Waals surface area contributed by atoms with Crippen LogP contribution in [0.2, 0.25) is 0 Å². The summed E-state index contributed by atoms with van der Waals surface area (Å²) in [5.41, 5.74) is 6.75. The first-order valence-electron chi connectivity index (χ1n) is 11.4. The molecule has 2 aromatic carbocycles. The number of carbonyl (C=O) groups excluding carboxylic acids is 1. The van der Waals surface area contributed by atoms with Crippen molar-refractivity contribution in [2.45, 2.75) is 13.8 Å². The number of hydrogen-bond donors (Lipinski definition) is 3. The predicted octanol–water partition coefficient (Wildman–Crippen LogP) is 4.16. The van der Waals surface area contributed by atoms with Crippen LogP contribution in [-0.2, 0) is 0 Å². The van der Waals surface area contributed by atoms with E-state index in [1.165, 1.54) is 11.1 Å². The lowest BCUT2D eigenvalue weighted by molar-refractivity contribution is 0.0737. The van der Waals surface area contributed by atoms with Gasteiger partial charge < -0.3 is 15.3 Å². The van der Waals surface area contributed by atoms with Crippen molar-refractivity contribution in [3.63, 3.8) is 0 Å². The molecule has 0 saturated carbocycles. The fourth-order valence-electron chi connectivity index (χ4n) is 4.27. The third-order valence-corrected chi connectivity index (χ3v) is 6.21. The number of H-pyrrole nitrogens is 1. The summed E-state index contributed by atoms with van der Waals surface area (Å²) in [7, 11) is 0. The zero-order valence-corrected chi connectivity index (χ0v) is 19.3. The van der Waals surface area contributed by atoms with Crippen molar-refractivity contribution >= 4 is 29.1 Å². The molecule has 1 aliphatic heterocycles. The molecule has 0 radical (unpaired) electrons. The van der Waals surface area contributed by atoms with E-state index in [4.69, 9.17) is 4.98 Å². The summed E-state index contributed by atoms with van der Waals surface area (Å²) in [6.45, 7) is 7.00. The molecule has 7 heteroatoms. The summed E-state index contributed by atoms with van der Waals surface area (Å²) in [6, 6.07) is 15.0. The maximum Gasteiger partial charge on any atom is 0.254 e. The Balaban J connectivity index is 1.63. The van der Waals surface area contributed by atoms with Crippen LogP contribution in [0.15, 0.2) is 48.5 Å². The van der Waals surface area contributed by atoms with E-state index >= 15 is 0 Å². The van der Waals surface area contributed by atoms with Gasteiger partial charge in [-0.3, -0.25) is 9.89 Å². The van der Waals surface area contributed by atoms with Crippen molar-refractivity contribution in [3.05, 3.63) is 76.5 Å². The molecule has 0 spiro atoms. The highest BCUT2D eigenvalue weighted by Crippen LogP contribution is 2.29. The predicted molar refractivity (Wildman–Crippen MR) is 135 cm³/mol. The van der Waals surface area contributed by atoms with Gasteiger partial charge in [0.1, 0.15) is 5.75 Å². The summed E-state index contributed by atoms with van der Waals surface area (Å²) in [5, 5.41) is 21.2. The van der Waals surface area contributed by atoms with E-state index in [-0.39, 0.29) is 11.7 Å². The second-order valence-corrected chi connectivity index (χ2v) is 8.67. The van der Waals surface area contributed by atoms with Crippen LogP contribution in [-0.4, -0.2) is 57.3 Å². The third kappa shape index (κ3) is 4.30. The number of hydrogen-bond acceptors (Lipinski definition) is 5. The zero-order valence-electron chi connectivity index (χ0n) is 19.3. The minimum absolute atomic E-state index is 0.0308. The van der Waals surface area contributed by atoms with E-state index < -0.39 is 0 Å². The molecule has 0 aliphatic carbocycles. The fraction of sp³-hybridized carbons (Fsp3) is 0.222. The number of amides is 1. The summed E-state index contributed by atoms with van der Waals surface area (Å²) >= 11 is 0. The first kappa shape index (κ1) is 21.9. The molecule has 0 unspecified atom stereocenters. The number of nitrogens with one attached hydrogen (secondary N) is 2. The normalized spacial score (nSPS) is 14.2. The Bertz CT molecular complexity index is 1380. The van der Waals surface area contributed by atoms with Crippen LogP contribution in [0.1, 0.15) is 32.7 Å². The molecule has 3 heterocycles. The average molecular weight is 454 g/mol. The number of nitrogens with zero attached hydrogens (tertiary/aromatic N) is 3. The topological polar surface area (TPSA) is 94.1 Å². The second kappa shape index (κ2) is 9.11. The van der Waals surface area contributed by atoms with Crippen LogP contribution in [0.5, 0.6) is 5.75 Å². The number of aromatic hydroxyl groups is 1. The average Bonchev–Trinajstić information content (AvgIpc) is 3.27.